The number of imidazole rings is 1. The molecule has 0 aliphatic carbocycles. The molecule has 8 heteroatoms. The van der Waals surface area contributed by atoms with Gasteiger partial charge in [-0.15, -0.1) is 0 Å². The van der Waals surface area contributed by atoms with E-state index in [1.165, 1.54) is 4.90 Å². The molecule has 176 valence electrons. The Kier molecular flexibility index (Phi) is 8.89. The summed E-state index contributed by atoms with van der Waals surface area (Å²) in [6.07, 6.45) is 5.46. The largest absolute Gasteiger partial charge is 0.443 e. The van der Waals surface area contributed by atoms with Crippen molar-refractivity contribution in [2.45, 2.75) is 97.8 Å². The molecule has 0 bridgehead atoms. The molecule has 1 unspecified atom stereocenters. The van der Waals surface area contributed by atoms with Crippen molar-refractivity contribution in [1.29, 1.82) is 0 Å². The lowest BCUT2D eigenvalue weighted by atomic mass is 9.93. The topological polar surface area (TPSA) is 73.7 Å². The molecule has 0 saturated carbocycles. The predicted octanol–water partition coefficient (Wildman–Crippen LogP) is 4.86. The number of nitrogens with zero attached hydrogens (tertiary/aromatic N) is 3. The number of imide groups is 1. The monoisotopic (exact) mass is 451 g/mol. The molecule has 0 N–H and O–H groups in total. The number of likely N-dealkylation sites (tertiary alicyclic amines) is 1. The number of aromatic nitrogens is 2. The van der Waals surface area contributed by atoms with Crippen LogP contribution in [0.3, 0.4) is 0 Å². The van der Waals surface area contributed by atoms with Crippen molar-refractivity contribution < 1.29 is 19.1 Å². The van der Waals surface area contributed by atoms with Crippen molar-refractivity contribution >= 4 is 20.1 Å². The summed E-state index contributed by atoms with van der Waals surface area (Å²) < 4.78 is 13.4. The third-order valence-corrected chi connectivity index (χ3v) is 6.94. The number of piperidine rings is 1. The average molecular weight is 452 g/mol. The maximum Gasteiger partial charge on any atom is 0.417 e. The molecule has 1 aliphatic rings. The third-order valence-electron chi connectivity index (χ3n) is 5.23. The van der Waals surface area contributed by atoms with E-state index in [9.17, 15) is 9.59 Å². The number of hydrogen-bond donors (Lipinski definition) is 0. The van der Waals surface area contributed by atoms with Crippen LogP contribution in [0, 0.1) is 5.92 Å². The average Bonchev–Trinajstić information content (AvgIpc) is 3.00. The number of carbonyl (C=O) groups is 2. The molecule has 31 heavy (non-hydrogen) atoms. The number of ether oxygens (including phenoxy) is 2. The number of aryl methyl sites for hydroxylation is 1. The highest BCUT2D eigenvalue weighted by atomic mass is 28.3. The molecule has 2 rings (SSSR count). The Bertz CT molecular complexity index is 749. The second-order valence-corrected chi connectivity index (χ2v) is 16.4. The van der Waals surface area contributed by atoms with E-state index >= 15 is 0 Å². The summed E-state index contributed by atoms with van der Waals surface area (Å²) in [6, 6.07) is 1.12. The van der Waals surface area contributed by atoms with E-state index in [0.29, 0.717) is 19.7 Å². The number of rotatable bonds is 9. The molecule has 2 amide bonds. The van der Waals surface area contributed by atoms with Gasteiger partial charge in [-0.2, -0.15) is 0 Å². The summed E-state index contributed by atoms with van der Waals surface area (Å²) in [6.45, 7) is 16.2. The van der Waals surface area contributed by atoms with Crippen molar-refractivity contribution in [3.8, 4) is 0 Å². The molecular formula is C23H41N3O4Si. The van der Waals surface area contributed by atoms with Gasteiger partial charge in [-0.05, 0) is 46.1 Å². The van der Waals surface area contributed by atoms with Crippen LogP contribution in [0.2, 0.25) is 25.7 Å². The molecule has 0 radical (unpaired) electrons. The Labute approximate surface area is 188 Å². The summed E-state index contributed by atoms with van der Waals surface area (Å²) in [5.74, 6) is 0.437. The second-order valence-electron chi connectivity index (χ2n) is 10.7. The summed E-state index contributed by atoms with van der Waals surface area (Å²) in [4.78, 5) is 31.6. The third kappa shape index (κ3) is 8.41. The highest BCUT2D eigenvalue weighted by molar-refractivity contribution is 6.76. The molecule has 1 fully saturated rings. The normalized spacial score (nSPS) is 17.8. The van der Waals surface area contributed by atoms with E-state index in [1.54, 1.807) is 0 Å². The Morgan fingerprint density at radius 1 is 1.29 bits per heavy atom. The van der Waals surface area contributed by atoms with E-state index in [1.807, 2.05) is 31.5 Å². The van der Waals surface area contributed by atoms with E-state index in [-0.39, 0.29) is 11.8 Å². The Hall–Kier alpha value is -1.67. The minimum Gasteiger partial charge on any atom is -0.443 e. The van der Waals surface area contributed by atoms with Crippen LogP contribution in [0.4, 0.5) is 4.79 Å². The molecule has 7 nitrogen and oxygen atoms in total. The highest BCUT2D eigenvalue weighted by Crippen LogP contribution is 2.24. The fraction of sp³-hybridized carbons (Fsp3) is 0.783. The molecular weight excluding hydrogens is 410 g/mol. The maximum atomic E-state index is 13.0. The van der Waals surface area contributed by atoms with Crippen molar-refractivity contribution in [1.82, 2.24) is 14.5 Å². The first-order valence-electron chi connectivity index (χ1n) is 11.6. The van der Waals surface area contributed by atoms with Gasteiger partial charge in [0, 0.05) is 39.8 Å². The Morgan fingerprint density at radius 2 is 2.00 bits per heavy atom. The van der Waals surface area contributed by atoms with E-state index in [2.05, 4.69) is 26.6 Å². The van der Waals surface area contributed by atoms with Gasteiger partial charge in [0.2, 0.25) is 5.91 Å². The van der Waals surface area contributed by atoms with E-state index in [0.717, 1.165) is 49.9 Å². The number of hydrogen-bond acceptors (Lipinski definition) is 5. The number of carbonyl (C=O) groups excluding carboxylic acids is 2. The summed E-state index contributed by atoms with van der Waals surface area (Å²) in [7, 11) is -1.14. The summed E-state index contributed by atoms with van der Waals surface area (Å²) in [5, 5.41) is 0. The van der Waals surface area contributed by atoms with Gasteiger partial charge in [-0.25, -0.2) is 14.7 Å². The Balaban J connectivity index is 2.07. The maximum absolute atomic E-state index is 13.0. The molecule has 0 spiro atoms. The standard InChI is InChI=1S/C23H41N3O4Si/c1-8-10-19-16-25(17-29-13-14-31(5,6)7)20(24-19)15-18-11-9-12-26(21(18)27)22(28)30-23(2,3)4/h16,18H,8-15,17H2,1-7H3. The van der Waals surface area contributed by atoms with Gasteiger partial charge >= 0.3 is 6.09 Å². The first-order chi connectivity index (χ1) is 14.4. The fourth-order valence-electron chi connectivity index (χ4n) is 3.56. The molecule has 1 saturated heterocycles. The van der Waals surface area contributed by atoms with E-state index < -0.39 is 19.8 Å². The molecule has 2 heterocycles. The van der Waals surface area contributed by atoms with Crippen molar-refractivity contribution in [3.05, 3.63) is 17.7 Å². The first-order valence-corrected chi connectivity index (χ1v) is 15.3. The molecule has 1 aliphatic heterocycles. The van der Waals surface area contributed by atoms with Gasteiger partial charge < -0.3 is 14.0 Å². The zero-order valence-corrected chi connectivity index (χ0v) is 21.5. The van der Waals surface area contributed by atoms with Gasteiger partial charge in [-0.1, -0.05) is 33.0 Å². The molecule has 1 aromatic rings. The van der Waals surface area contributed by atoms with Gasteiger partial charge in [-0.3, -0.25) is 4.79 Å². The lowest BCUT2D eigenvalue weighted by molar-refractivity contribution is -0.137. The zero-order valence-electron chi connectivity index (χ0n) is 20.5. The van der Waals surface area contributed by atoms with Gasteiger partial charge in [0.05, 0.1) is 5.69 Å². The smallest absolute Gasteiger partial charge is 0.417 e. The summed E-state index contributed by atoms with van der Waals surface area (Å²) >= 11 is 0. The minimum absolute atomic E-state index is 0.160. The van der Waals surface area contributed by atoms with E-state index in [4.69, 9.17) is 14.5 Å². The van der Waals surface area contributed by atoms with Crippen LogP contribution >= 0.6 is 0 Å². The minimum atomic E-state index is -1.14. The van der Waals surface area contributed by atoms with Crippen LogP contribution in [-0.2, 0) is 33.8 Å². The van der Waals surface area contributed by atoms with Crippen LogP contribution in [0.5, 0.6) is 0 Å². The van der Waals surface area contributed by atoms with Crippen molar-refractivity contribution in [3.63, 3.8) is 0 Å². The molecule has 0 aromatic carbocycles. The lowest BCUT2D eigenvalue weighted by Gasteiger charge is -2.32. The second kappa shape index (κ2) is 10.8. The van der Waals surface area contributed by atoms with Crippen LogP contribution in [-0.4, -0.2) is 53.3 Å². The van der Waals surface area contributed by atoms with Gasteiger partial charge in [0.1, 0.15) is 18.2 Å². The van der Waals surface area contributed by atoms with Crippen LogP contribution in [0.1, 0.15) is 58.5 Å². The lowest BCUT2D eigenvalue weighted by Crippen LogP contribution is -2.47. The predicted molar refractivity (Wildman–Crippen MR) is 125 cm³/mol. The van der Waals surface area contributed by atoms with Crippen molar-refractivity contribution in [2.24, 2.45) is 5.92 Å². The molecule has 1 aromatic heterocycles. The van der Waals surface area contributed by atoms with Crippen LogP contribution in [0.25, 0.3) is 0 Å². The van der Waals surface area contributed by atoms with Gasteiger partial charge in [0.15, 0.2) is 0 Å². The number of amides is 2. The fourth-order valence-corrected chi connectivity index (χ4v) is 4.32. The SMILES string of the molecule is CCCc1cn(COCC[Si](C)(C)C)c(CC2CCCN(C(=O)OC(C)(C)C)C2=O)n1. The Morgan fingerprint density at radius 3 is 2.61 bits per heavy atom. The summed E-state index contributed by atoms with van der Waals surface area (Å²) in [5.41, 5.74) is 0.404. The van der Waals surface area contributed by atoms with Crippen LogP contribution in [0.15, 0.2) is 6.20 Å². The van der Waals surface area contributed by atoms with Crippen molar-refractivity contribution in [2.75, 3.05) is 13.2 Å². The first kappa shape index (κ1) is 25.6. The molecule has 1 atom stereocenters. The quantitative estimate of drug-likeness (QED) is 0.396. The van der Waals surface area contributed by atoms with Crippen LogP contribution < -0.4 is 0 Å². The zero-order chi connectivity index (χ0) is 23.2. The van der Waals surface area contributed by atoms with Gasteiger partial charge in [0.25, 0.3) is 0 Å². The highest BCUT2D eigenvalue weighted by Gasteiger charge is 2.36.